The predicted molar refractivity (Wildman–Crippen MR) is 101 cm³/mol. The summed E-state index contributed by atoms with van der Waals surface area (Å²) >= 11 is 2.99. The van der Waals surface area contributed by atoms with E-state index < -0.39 is 0 Å². The molecule has 0 aliphatic rings. The number of thiophene rings is 1. The van der Waals surface area contributed by atoms with Crippen molar-refractivity contribution < 1.29 is 4.79 Å². The number of Topliss-reactive ketones (excluding diaryl/α,β-unsaturated/α-hetero) is 1. The summed E-state index contributed by atoms with van der Waals surface area (Å²) in [6, 6.07) is 11.5. The van der Waals surface area contributed by atoms with E-state index in [9.17, 15) is 9.59 Å². The largest absolute Gasteiger partial charge is 0.302 e. The van der Waals surface area contributed by atoms with Crippen LogP contribution >= 0.6 is 22.7 Å². The summed E-state index contributed by atoms with van der Waals surface area (Å²) in [5.74, 6) is -0.0801. The number of aromatic nitrogens is 1. The quantitative estimate of drug-likeness (QED) is 0.678. The van der Waals surface area contributed by atoms with Gasteiger partial charge in [0.2, 0.25) is 0 Å². The summed E-state index contributed by atoms with van der Waals surface area (Å²) in [4.78, 5) is 27.1. The standard InChI is InChI=1S/C19H17NO2S2/c1-12-6-4-5-7-15(12)16(21)11-18-20(3)19(22)17(24-18)10-14-9-8-13(2)23-14/h4-11H,1-3H3/b17-10-,18-11-. The Morgan fingerprint density at radius 3 is 2.50 bits per heavy atom. The Bertz CT molecular complexity index is 1080. The number of hydrogen-bond acceptors (Lipinski definition) is 4. The van der Waals surface area contributed by atoms with E-state index in [1.165, 1.54) is 20.8 Å². The van der Waals surface area contributed by atoms with Crippen LogP contribution in [0.15, 0.2) is 41.2 Å². The summed E-state index contributed by atoms with van der Waals surface area (Å²) in [5.41, 5.74) is 1.52. The lowest BCUT2D eigenvalue weighted by Crippen LogP contribution is -2.29. The Labute approximate surface area is 147 Å². The minimum atomic E-state index is -0.0801. The SMILES string of the molecule is Cc1ccc(/C=c2\s/c(=C\C(=O)c3ccccc3C)n(C)c2=O)s1. The highest BCUT2D eigenvalue weighted by atomic mass is 32.1. The second-order valence-electron chi connectivity index (χ2n) is 5.58. The van der Waals surface area contributed by atoms with Crippen molar-refractivity contribution in [2.75, 3.05) is 0 Å². The lowest BCUT2D eigenvalue weighted by molar-refractivity contribution is 0.106. The summed E-state index contributed by atoms with van der Waals surface area (Å²) < 4.78 is 2.84. The van der Waals surface area contributed by atoms with Gasteiger partial charge < -0.3 is 4.57 Å². The van der Waals surface area contributed by atoms with E-state index in [0.717, 1.165) is 10.4 Å². The molecule has 2 heterocycles. The molecule has 5 heteroatoms. The number of carbonyl (C=O) groups excluding carboxylic acids is 1. The average molecular weight is 355 g/mol. The van der Waals surface area contributed by atoms with Crippen molar-refractivity contribution >= 4 is 40.6 Å². The van der Waals surface area contributed by atoms with Crippen molar-refractivity contribution in [2.24, 2.45) is 7.05 Å². The van der Waals surface area contributed by atoms with Crippen molar-refractivity contribution in [3.8, 4) is 0 Å². The number of hydrogen-bond donors (Lipinski definition) is 0. The normalized spacial score (nSPS) is 12.8. The maximum Gasteiger partial charge on any atom is 0.268 e. The lowest BCUT2D eigenvalue weighted by atomic mass is 10.1. The fourth-order valence-corrected chi connectivity index (χ4v) is 4.32. The zero-order chi connectivity index (χ0) is 17.3. The highest BCUT2D eigenvalue weighted by Crippen LogP contribution is 2.15. The van der Waals surface area contributed by atoms with E-state index in [0.29, 0.717) is 14.8 Å². The van der Waals surface area contributed by atoms with Gasteiger partial charge in [0.05, 0.1) is 4.53 Å². The second kappa shape index (κ2) is 6.71. The van der Waals surface area contributed by atoms with Gasteiger partial charge in [0.15, 0.2) is 5.78 Å². The first-order valence-corrected chi connectivity index (χ1v) is 9.14. The number of ketones is 1. The van der Waals surface area contributed by atoms with Crippen LogP contribution in [0.5, 0.6) is 0 Å². The summed E-state index contributed by atoms with van der Waals surface area (Å²) in [6.45, 7) is 3.95. The molecular weight excluding hydrogens is 338 g/mol. The zero-order valence-corrected chi connectivity index (χ0v) is 15.3. The van der Waals surface area contributed by atoms with E-state index in [1.807, 2.05) is 50.3 Å². The molecule has 0 saturated carbocycles. The monoisotopic (exact) mass is 355 g/mol. The van der Waals surface area contributed by atoms with Crippen molar-refractivity contribution in [1.82, 2.24) is 4.57 Å². The molecule has 0 bridgehead atoms. The van der Waals surface area contributed by atoms with Gasteiger partial charge in [0.1, 0.15) is 4.66 Å². The van der Waals surface area contributed by atoms with Crippen LogP contribution in [0.1, 0.15) is 25.7 Å². The van der Waals surface area contributed by atoms with E-state index >= 15 is 0 Å². The van der Waals surface area contributed by atoms with Crippen LogP contribution in [0.25, 0.3) is 12.2 Å². The molecular formula is C19H17NO2S2. The van der Waals surface area contributed by atoms with Gasteiger partial charge >= 0.3 is 0 Å². The Morgan fingerprint density at radius 2 is 1.83 bits per heavy atom. The molecule has 0 spiro atoms. The summed E-state index contributed by atoms with van der Waals surface area (Å²) in [6.07, 6.45) is 3.44. The van der Waals surface area contributed by atoms with Crippen LogP contribution in [0, 0.1) is 13.8 Å². The Morgan fingerprint density at radius 1 is 1.08 bits per heavy atom. The molecule has 0 aliphatic carbocycles. The molecule has 0 atom stereocenters. The van der Waals surface area contributed by atoms with E-state index in [4.69, 9.17) is 0 Å². The molecule has 1 aromatic carbocycles. The van der Waals surface area contributed by atoms with E-state index in [-0.39, 0.29) is 11.3 Å². The second-order valence-corrected chi connectivity index (χ2v) is 7.97. The van der Waals surface area contributed by atoms with E-state index in [1.54, 1.807) is 30.5 Å². The predicted octanol–water partition coefficient (Wildman–Crippen LogP) is 2.62. The highest BCUT2D eigenvalue weighted by Gasteiger charge is 2.07. The molecule has 3 rings (SSSR count). The number of aryl methyl sites for hydroxylation is 2. The smallest absolute Gasteiger partial charge is 0.268 e. The fraction of sp³-hybridized carbons (Fsp3) is 0.158. The maximum atomic E-state index is 12.5. The van der Waals surface area contributed by atoms with Gasteiger partial charge in [0, 0.05) is 28.4 Å². The molecule has 0 N–H and O–H groups in total. The van der Waals surface area contributed by atoms with Crippen LogP contribution in [0.3, 0.4) is 0 Å². The number of thiazole rings is 1. The molecule has 0 saturated heterocycles. The molecule has 0 fully saturated rings. The van der Waals surface area contributed by atoms with Crippen molar-refractivity contribution in [1.29, 1.82) is 0 Å². The Balaban J connectivity index is 2.09. The molecule has 0 unspecified atom stereocenters. The third-order valence-corrected chi connectivity index (χ3v) is 5.82. The van der Waals surface area contributed by atoms with Crippen LogP contribution < -0.4 is 14.8 Å². The lowest BCUT2D eigenvalue weighted by Gasteiger charge is -1.99. The van der Waals surface area contributed by atoms with Crippen LogP contribution in [0.2, 0.25) is 0 Å². The molecule has 0 radical (unpaired) electrons. The van der Waals surface area contributed by atoms with Crippen molar-refractivity contribution in [2.45, 2.75) is 13.8 Å². The minimum Gasteiger partial charge on any atom is -0.302 e. The van der Waals surface area contributed by atoms with Crippen LogP contribution in [-0.4, -0.2) is 10.4 Å². The first kappa shape index (κ1) is 16.6. The van der Waals surface area contributed by atoms with Gasteiger partial charge in [-0.1, -0.05) is 24.3 Å². The fourth-order valence-electron chi connectivity index (χ4n) is 2.41. The van der Waals surface area contributed by atoms with E-state index in [2.05, 4.69) is 0 Å². The third-order valence-electron chi connectivity index (χ3n) is 3.76. The van der Waals surface area contributed by atoms with Crippen molar-refractivity contribution in [3.05, 3.63) is 76.8 Å². The third kappa shape index (κ3) is 3.32. The van der Waals surface area contributed by atoms with Gasteiger partial charge in [-0.15, -0.1) is 22.7 Å². The first-order valence-electron chi connectivity index (χ1n) is 7.51. The molecule has 122 valence electrons. The van der Waals surface area contributed by atoms with Gasteiger partial charge in [-0.2, -0.15) is 0 Å². The number of benzene rings is 1. The summed E-state index contributed by atoms with van der Waals surface area (Å²) in [7, 11) is 1.70. The molecule has 0 aliphatic heterocycles. The van der Waals surface area contributed by atoms with Gasteiger partial charge in [-0.25, -0.2) is 0 Å². The summed E-state index contributed by atoms with van der Waals surface area (Å²) in [5, 5.41) is 0. The highest BCUT2D eigenvalue weighted by molar-refractivity contribution is 7.13. The first-order chi connectivity index (χ1) is 11.5. The van der Waals surface area contributed by atoms with Crippen LogP contribution in [-0.2, 0) is 7.05 Å². The topological polar surface area (TPSA) is 39.1 Å². The molecule has 24 heavy (non-hydrogen) atoms. The van der Waals surface area contributed by atoms with Gasteiger partial charge in [-0.3, -0.25) is 9.59 Å². The number of carbonyl (C=O) groups is 1. The minimum absolute atomic E-state index is 0.0742. The molecule has 0 amide bonds. The Hall–Kier alpha value is -2.24. The number of rotatable bonds is 3. The molecule has 2 aromatic heterocycles. The van der Waals surface area contributed by atoms with Crippen LogP contribution in [0.4, 0.5) is 0 Å². The Kier molecular flexibility index (Phi) is 4.64. The van der Waals surface area contributed by atoms with Gasteiger partial charge in [-0.05, 0) is 37.6 Å². The molecule has 3 nitrogen and oxygen atoms in total. The maximum absolute atomic E-state index is 12.5. The average Bonchev–Trinajstić information content (AvgIpc) is 3.07. The zero-order valence-electron chi connectivity index (χ0n) is 13.7. The van der Waals surface area contributed by atoms with Gasteiger partial charge in [0.25, 0.3) is 5.56 Å². The number of nitrogens with zero attached hydrogens (tertiary/aromatic N) is 1. The van der Waals surface area contributed by atoms with Crippen molar-refractivity contribution in [3.63, 3.8) is 0 Å². The molecule has 3 aromatic rings.